The van der Waals surface area contributed by atoms with Gasteiger partial charge < -0.3 is 4.90 Å². The second-order valence-electron chi connectivity index (χ2n) is 9.44. The van der Waals surface area contributed by atoms with Gasteiger partial charge in [-0.25, -0.2) is 4.98 Å². The average molecular weight is 447 g/mol. The van der Waals surface area contributed by atoms with E-state index in [0.29, 0.717) is 0 Å². The van der Waals surface area contributed by atoms with Crippen LogP contribution in [0.3, 0.4) is 0 Å². The summed E-state index contributed by atoms with van der Waals surface area (Å²) in [4.78, 5) is 14.7. The summed E-state index contributed by atoms with van der Waals surface area (Å²) < 4.78 is 0. The van der Waals surface area contributed by atoms with Crippen LogP contribution in [0.25, 0.3) is 11.3 Å². The summed E-state index contributed by atoms with van der Waals surface area (Å²) in [5, 5.41) is 3.41. The number of likely N-dealkylation sites (tertiary alicyclic amines) is 1. The van der Waals surface area contributed by atoms with Gasteiger partial charge in [0.15, 0.2) is 0 Å². The molecule has 1 aliphatic heterocycles. The van der Waals surface area contributed by atoms with Gasteiger partial charge in [0.25, 0.3) is 0 Å². The number of benzene rings is 1. The number of piperidine rings is 1. The Kier molecular flexibility index (Phi) is 7.27. The van der Waals surface area contributed by atoms with Crippen LogP contribution >= 0.6 is 11.3 Å². The predicted molar refractivity (Wildman–Crippen MR) is 132 cm³/mol. The Morgan fingerprint density at radius 2 is 1.75 bits per heavy atom. The zero-order valence-corrected chi connectivity index (χ0v) is 19.7. The first kappa shape index (κ1) is 21.7. The van der Waals surface area contributed by atoms with Crippen molar-refractivity contribution < 1.29 is 0 Å². The van der Waals surface area contributed by atoms with Crippen LogP contribution in [-0.2, 0) is 13.1 Å². The van der Waals surface area contributed by atoms with Crippen LogP contribution in [0.1, 0.15) is 49.1 Å². The summed E-state index contributed by atoms with van der Waals surface area (Å²) in [6.07, 6.45) is 12.2. The molecule has 5 rings (SSSR count). The van der Waals surface area contributed by atoms with E-state index >= 15 is 0 Å². The van der Waals surface area contributed by atoms with E-state index in [2.05, 4.69) is 56.6 Å². The molecular weight excluding hydrogens is 412 g/mol. The highest BCUT2D eigenvalue weighted by Gasteiger charge is 2.28. The zero-order valence-electron chi connectivity index (χ0n) is 18.9. The maximum absolute atomic E-state index is 4.97. The van der Waals surface area contributed by atoms with Crippen LogP contribution in [0.15, 0.2) is 60.2 Å². The number of hydrogen-bond donors (Lipinski definition) is 0. The Morgan fingerprint density at radius 1 is 0.938 bits per heavy atom. The maximum atomic E-state index is 4.97. The third-order valence-corrected chi connectivity index (χ3v) is 7.95. The molecular formula is C27H34N4S. The van der Waals surface area contributed by atoms with E-state index in [-0.39, 0.29) is 0 Å². The molecule has 0 atom stereocenters. The molecule has 1 saturated heterocycles. The van der Waals surface area contributed by atoms with E-state index in [9.17, 15) is 0 Å². The summed E-state index contributed by atoms with van der Waals surface area (Å²) in [5.74, 6) is 0.776. The molecule has 2 aliphatic rings. The number of hydrogen-bond acceptors (Lipinski definition) is 5. The van der Waals surface area contributed by atoms with Crippen molar-refractivity contribution in [2.24, 2.45) is 5.92 Å². The van der Waals surface area contributed by atoms with Crippen molar-refractivity contribution in [3.8, 4) is 11.3 Å². The molecule has 5 heteroatoms. The minimum Gasteiger partial charge on any atom is -0.300 e. The van der Waals surface area contributed by atoms with Gasteiger partial charge in [0, 0.05) is 42.5 Å². The largest absolute Gasteiger partial charge is 0.300 e. The second-order valence-corrected chi connectivity index (χ2v) is 10.4. The Labute approximate surface area is 196 Å². The van der Waals surface area contributed by atoms with E-state index in [0.717, 1.165) is 37.3 Å². The molecule has 3 heterocycles. The quantitative estimate of drug-likeness (QED) is 0.434. The normalized spacial score (nSPS) is 18.5. The van der Waals surface area contributed by atoms with Gasteiger partial charge in [0.05, 0.1) is 12.2 Å². The lowest BCUT2D eigenvalue weighted by Crippen LogP contribution is -2.42. The molecule has 168 valence electrons. The van der Waals surface area contributed by atoms with Gasteiger partial charge in [-0.3, -0.25) is 9.88 Å². The van der Waals surface area contributed by atoms with Crippen LogP contribution in [0.4, 0.5) is 0 Å². The first-order valence-corrected chi connectivity index (χ1v) is 13.1. The SMILES string of the molecule is c1ccc(-c2csc(CN(Cc3cccnc3)CC3CCN(C4CCCC4)CC3)n2)cc1. The van der Waals surface area contributed by atoms with Crippen molar-refractivity contribution in [3.05, 3.63) is 70.8 Å². The molecule has 0 radical (unpaired) electrons. The number of rotatable bonds is 8. The highest BCUT2D eigenvalue weighted by atomic mass is 32.1. The van der Waals surface area contributed by atoms with Crippen molar-refractivity contribution in [3.63, 3.8) is 0 Å². The molecule has 2 aromatic heterocycles. The molecule has 1 aromatic carbocycles. The van der Waals surface area contributed by atoms with Crippen LogP contribution in [0.2, 0.25) is 0 Å². The molecule has 0 spiro atoms. The van der Waals surface area contributed by atoms with Gasteiger partial charge in [-0.1, -0.05) is 49.2 Å². The number of nitrogens with zero attached hydrogens (tertiary/aromatic N) is 4. The van der Waals surface area contributed by atoms with Crippen molar-refractivity contribution in [2.75, 3.05) is 19.6 Å². The zero-order chi connectivity index (χ0) is 21.6. The van der Waals surface area contributed by atoms with E-state index in [1.807, 2.05) is 18.5 Å². The summed E-state index contributed by atoms with van der Waals surface area (Å²) in [7, 11) is 0. The Morgan fingerprint density at radius 3 is 2.50 bits per heavy atom. The average Bonchev–Trinajstić information content (AvgIpc) is 3.54. The lowest BCUT2D eigenvalue weighted by Gasteiger charge is -2.37. The van der Waals surface area contributed by atoms with Crippen molar-refractivity contribution in [1.29, 1.82) is 0 Å². The van der Waals surface area contributed by atoms with Gasteiger partial charge in [-0.2, -0.15) is 0 Å². The maximum Gasteiger partial charge on any atom is 0.107 e. The van der Waals surface area contributed by atoms with Gasteiger partial charge in [-0.15, -0.1) is 11.3 Å². The summed E-state index contributed by atoms with van der Waals surface area (Å²) in [5.41, 5.74) is 3.58. The summed E-state index contributed by atoms with van der Waals surface area (Å²) >= 11 is 1.79. The number of aromatic nitrogens is 2. The van der Waals surface area contributed by atoms with Crippen molar-refractivity contribution >= 4 is 11.3 Å². The minimum absolute atomic E-state index is 0.776. The van der Waals surface area contributed by atoms with E-state index in [4.69, 9.17) is 4.98 Å². The Bertz CT molecular complexity index is 944. The molecule has 0 bridgehead atoms. The number of thiazole rings is 1. The fraction of sp³-hybridized carbons (Fsp3) is 0.481. The molecule has 0 amide bonds. The molecule has 1 aliphatic carbocycles. The first-order chi connectivity index (χ1) is 15.8. The molecule has 0 N–H and O–H groups in total. The molecule has 0 unspecified atom stereocenters. The van der Waals surface area contributed by atoms with Crippen molar-refractivity contribution in [2.45, 2.75) is 57.7 Å². The monoisotopic (exact) mass is 446 g/mol. The highest BCUT2D eigenvalue weighted by Crippen LogP contribution is 2.29. The summed E-state index contributed by atoms with van der Waals surface area (Å²) in [6, 6.07) is 15.6. The Hall–Kier alpha value is -2.08. The lowest BCUT2D eigenvalue weighted by molar-refractivity contribution is 0.107. The van der Waals surface area contributed by atoms with Crippen LogP contribution in [0.5, 0.6) is 0 Å². The highest BCUT2D eigenvalue weighted by molar-refractivity contribution is 7.09. The molecule has 2 fully saturated rings. The number of pyridine rings is 1. The fourth-order valence-electron chi connectivity index (χ4n) is 5.39. The van der Waals surface area contributed by atoms with Crippen molar-refractivity contribution in [1.82, 2.24) is 19.8 Å². The Balaban J connectivity index is 1.23. The van der Waals surface area contributed by atoms with Gasteiger partial charge >= 0.3 is 0 Å². The van der Waals surface area contributed by atoms with E-state index in [1.165, 1.54) is 67.7 Å². The smallest absolute Gasteiger partial charge is 0.107 e. The molecule has 32 heavy (non-hydrogen) atoms. The van der Waals surface area contributed by atoms with Gasteiger partial charge in [-0.05, 0) is 56.3 Å². The summed E-state index contributed by atoms with van der Waals surface area (Å²) in [6.45, 7) is 5.57. The second kappa shape index (κ2) is 10.7. The first-order valence-electron chi connectivity index (χ1n) is 12.2. The third kappa shape index (κ3) is 5.64. The fourth-order valence-corrected chi connectivity index (χ4v) is 6.23. The van der Waals surface area contributed by atoms with Crippen LogP contribution in [0, 0.1) is 5.92 Å². The molecule has 3 aromatic rings. The standard InChI is InChI=1S/C27H34N4S/c1-2-8-24(9-3-1)26-21-32-27(29-26)20-30(19-23-7-6-14-28-17-23)18-22-12-15-31(16-13-22)25-10-4-5-11-25/h1-3,6-9,14,17,21-22,25H,4-5,10-13,15-16,18-20H2. The minimum atomic E-state index is 0.776. The van der Waals surface area contributed by atoms with Gasteiger partial charge in [0.2, 0.25) is 0 Å². The molecule has 1 saturated carbocycles. The molecule has 4 nitrogen and oxygen atoms in total. The predicted octanol–water partition coefficient (Wildman–Crippen LogP) is 5.86. The van der Waals surface area contributed by atoms with Crippen LogP contribution < -0.4 is 0 Å². The lowest BCUT2D eigenvalue weighted by atomic mass is 9.94. The topological polar surface area (TPSA) is 32.3 Å². The van der Waals surface area contributed by atoms with E-state index in [1.54, 1.807) is 11.3 Å². The van der Waals surface area contributed by atoms with E-state index < -0.39 is 0 Å². The van der Waals surface area contributed by atoms with Crippen LogP contribution in [-0.4, -0.2) is 45.4 Å². The third-order valence-electron chi connectivity index (χ3n) is 7.12. The van der Waals surface area contributed by atoms with Gasteiger partial charge in [0.1, 0.15) is 5.01 Å².